The lowest BCUT2D eigenvalue weighted by Crippen LogP contribution is -2.17. The zero-order chi connectivity index (χ0) is 20.5. The molecular weight excluding hydrogens is 374 g/mol. The Bertz CT molecular complexity index is 1010. The number of anilines is 1. The summed E-state index contributed by atoms with van der Waals surface area (Å²) < 4.78 is 53.9. The molecule has 4 nitrogen and oxygen atoms in total. The second-order valence-electron chi connectivity index (χ2n) is 6.42. The van der Waals surface area contributed by atoms with Crippen LogP contribution in [0.15, 0.2) is 48.5 Å². The minimum Gasteiger partial charge on any atom is -0.324 e. The Hall–Kier alpha value is -3.16. The predicted octanol–water partition coefficient (Wildman–Crippen LogP) is 4.83. The molecule has 8 heteroatoms. The zero-order valence-corrected chi connectivity index (χ0v) is 15.1. The van der Waals surface area contributed by atoms with E-state index < -0.39 is 23.5 Å². The molecule has 0 saturated heterocycles. The number of nitrogens with zero attached hydrogens (tertiary/aromatic N) is 2. The van der Waals surface area contributed by atoms with E-state index in [0.717, 1.165) is 12.1 Å². The summed E-state index contributed by atoms with van der Waals surface area (Å²) in [6.07, 6.45) is -4.66. The Kier molecular flexibility index (Phi) is 5.22. The minimum absolute atomic E-state index is 0.00635. The maximum absolute atomic E-state index is 13.1. The van der Waals surface area contributed by atoms with Gasteiger partial charge >= 0.3 is 6.18 Å². The second-order valence-corrected chi connectivity index (χ2v) is 6.42. The first-order chi connectivity index (χ1) is 13.1. The molecule has 0 saturated carbocycles. The number of alkyl halides is 3. The highest BCUT2D eigenvalue weighted by Crippen LogP contribution is 2.33. The van der Waals surface area contributed by atoms with Crippen LogP contribution in [0.5, 0.6) is 0 Å². The standard InChI is InChI=1S/C20H17F4N3O/c1-12-9-13(2)27(26-12)18-8-5-15(20(22,23)24)11-17(18)25-19(28)10-14-3-6-16(21)7-4-14/h3-9,11H,10H2,1-2H3,(H,25,28). The summed E-state index contributed by atoms with van der Waals surface area (Å²) in [5, 5.41) is 6.80. The van der Waals surface area contributed by atoms with Crippen molar-refractivity contribution >= 4 is 11.6 Å². The van der Waals surface area contributed by atoms with Gasteiger partial charge in [-0.3, -0.25) is 4.79 Å². The summed E-state index contributed by atoms with van der Waals surface area (Å²) in [4.78, 5) is 12.4. The van der Waals surface area contributed by atoms with E-state index in [4.69, 9.17) is 0 Å². The van der Waals surface area contributed by atoms with Gasteiger partial charge in [0.1, 0.15) is 5.82 Å². The van der Waals surface area contributed by atoms with Gasteiger partial charge in [-0.15, -0.1) is 0 Å². The molecule has 1 N–H and O–H groups in total. The summed E-state index contributed by atoms with van der Waals surface area (Å²) in [6.45, 7) is 3.53. The molecule has 0 aliphatic rings. The molecule has 3 rings (SSSR count). The number of hydrogen-bond donors (Lipinski definition) is 1. The maximum atomic E-state index is 13.1. The van der Waals surface area contributed by atoms with Gasteiger partial charge in [-0.25, -0.2) is 9.07 Å². The first-order valence-electron chi connectivity index (χ1n) is 8.42. The van der Waals surface area contributed by atoms with Crippen LogP contribution >= 0.6 is 0 Å². The number of amides is 1. The maximum Gasteiger partial charge on any atom is 0.416 e. The van der Waals surface area contributed by atoms with Crippen LogP contribution in [0.1, 0.15) is 22.5 Å². The number of carbonyl (C=O) groups excluding carboxylic acids is 1. The van der Waals surface area contributed by atoms with Crippen LogP contribution in [-0.2, 0) is 17.4 Å². The van der Waals surface area contributed by atoms with Crippen molar-refractivity contribution in [1.29, 1.82) is 0 Å². The monoisotopic (exact) mass is 391 g/mol. The zero-order valence-electron chi connectivity index (χ0n) is 15.1. The number of hydrogen-bond acceptors (Lipinski definition) is 2. The van der Waals surface area contributed by atoms with Crippen molar-refractivity contribution in [2.75, 3.05) is 5.32 Å². The van der Waals surface area contributed by atoms with Crippen LogP contribution in [0.2, 0.25) is 0 Å². The van der Waals surface area contributed by atoms with Gasteiger partial charge in [0.15, 0.2) is 0 Å². The van der Waals surface area contributed by atoms with Crippen LogP contribution in [-0.4, -0.2) is 15.7 Å². The Morgan fingerprint density at radius 1 is 1.07 bits per heavy atom. The molecule has 0 fully saturated rings. The van der Waals surface area contributed by atoms with Crippen LogP contribution in [0.25, 0.3) is 5.69 Å². The molecule has 1 heterocycles. The van der Waals surface area contributed by atoms with Crippen molar-refractivity contribution in [3.8, 4) is 5.69 Å². The Morgan fingerprint density at radius 3 is 2.32 bits per heavy atom. The first kappa shape index (κ1) is 19.6. The van der Waals surface area contributed by atoms with Gasteiger partial charge < -0.3 is 5.32 Å². The lowest BCUT2D eigenvalue weighted by Gasteiger charge is -2.16. The fourth-order valence-electron chi connectivity index (χ4n) is 2.85. The molecule has 0 aliphatic carbocycles. The highest BCUT2D eigenvalue weighted by atomic mass is 19.4. The molecule has 0 bridgehead atoms. The average molecular weight is 391 g/mol. The Balaban J connectivity index is 1.95. The normalized spacial score (nSPS) is 11.5. The van der Waals surface area contributed by atoms with Crippen LogP contribution in [0.3, 0.4) is 0 Å². The van der Waals surface area contributed by atoms with Gasteiger partial charge in [-0.05, 0) is 55.8 Å². The minimum atomic E-state index is -4.55. The highest BCUT2D eigenvalue weighted by Gasteiger charge is 2.31. The summed E-state index contributed by atoms with van der Waals surface area (Å²) >= 11 is 0. The Morgan fingerprint density at radius 2 is 1.75 bits per heavy atom. The van der Waals surface area contributed by atoms with Crippen LogP contribution in [0, 0.1) is 19.7 Å². The van der Waals surface area contributed by atoms with Crippen molar-refractivity contribution in [3.05, 3.63) is 76.9 Å². The third kappa shape index (κ3) is 4.39. The topological polar surface area (TPSA) is 46.9 Å². The quantitative estimate of drug-likeness (QED) is 0.648. The van der Waals surface area contributed by atoms with Crippen molar-refractivity contribution in [3.63, 3.8) is 0 Å². The van der Waals surface area contributed by atoms with Crippen molar-refractivity contribution < 1.29 is 22.4 Å². The smallest absolute Gasteiger partial charge is 0.324 e. The number of carbonyl (C=O) groups is 1. The largest absolute Gasteiger partial charge is 0.416 e. The third-order valence-corrected chi connectivity index (χ3v) is 4.11. The Labute approximate surface area is 158 Å². The van der Waals surface area contributed by atoms with E-state index in [1.807, 2.05) is 0 Å². The molecule has 0 unspecified atom stereocenters. The lowest BCUT2D eigenvalue weighted by molar-refractivity contribution is -0.137. The molecule has 0 spiro atoms. The van der Waals surface area contributed by atoms with Gasteiger partial charge in [-0.1, -0.05) is 12.1 Å². The van der Waals surface area contributed by atoms with E-state index >= 15 is 0 Å². The molecule has 0 aliphatic heterocycles. The second kappa shape index (κ2) is 7.46. The molecule has 1 aromatic heterocycles. The average Bonchev–Trinajstić information content (AvgIpc) is 2.94. The van der Waals surface area contributed by atoms with Crippen molar-refractivity contribution in [1.82, 2.24) is 9.78 Å². The number of benzene rings is 2. The number of rotatable bonds is 4. The first-order valence-corrected chi connectivity index (χ1v) is 8.42. The summed E-state index contributed by atoms with van der Waals surface area (Å²) in [7, 11) is 0. The number of aryl methyl sites for hydroxylation is 2. The van der Waals surface area contributed by atoms with Gasteiger partial charge in [0.2, 0.25) is 5.91 Å². The van der Waals surface area contributed by atoms with E-state index in [9.17, 15) is 22.4 Å². The number of nitrogens with one attached hydrogen (secondary N) is 1. The highest BCUT2D eigenvalue weighted by molar-refractivity contribution is 5.94. The van der Waals surface area contributed by atoms with Gasteiger partial charge in [0.25, 0.3) is 0 Å². The molecule has 3 aromatic rings. The lowest BCUT2D eigenvalue weighted by atomic mass is 10.1. The van der Waals surface area contributed by atoms with Crippen molar-refractivity contribution in [2.45, 2.75) is 26.4 Å². The fourth-order valence-corrected chi connectivity index (χ4v) is 2.85. The molecular formula is C20H17F4N3O. The van der Waals surface area contributed by atoms with Crippen LogP contribution < -0.4 is 5.32 Å². The molecule has 0 atom stereocenters. The predicted molar refractivity (Wildman–Crippen MR) is 96.8 cm³/mol. The van der Waals surface area contributed by atoms with E-state index in [1.165, 1.54) is 35.0 Å². The number of halogens is 4. The van der Waals surface area contributed by atoms with Crippen LogP contribution in [0.4, 0.5) is 23.2 Å². The van der Waals surface area contributed by atoms with Crippen molar-refractivity contribution in [2.24, 2.45) is 0 Å². The van der Waals surface area contributed by atoms with E-state index in [0.29, 0.717) is 22.6 Å². The third-order valence-electron chi connectivity index (χ3n) is 4.11. The van der Waals surface area contributed by atoms with E-state index in [-0.39, 0.29) is 12.1 Å². The fraction of sp³-hybridized carbons (Fsp3) is 0.200. The summed E-state index contributed by atoms with van der Waals surface area (Å²) in [6, 6.07) is 10.2. The molecule has 146 valence electrons. The van der Waals surface area contributed by atoms with Gasteiger partial charge in [-0.2, -0.15) is 18.3 Å². The SMILES string of the molecule is Cc1cc(C)n(-c2ccc(C(F)(F)F)cc2NC(=O)Cc2ccc(F)cc2)n1. The molecule has 28 heavy (non-hydrogen) atoms. The molecule has 2 aromatic carbocycles. The number of aromatic nitrogens is 2. The van der Waals surface area contributed by atoms with Gasteiger partial charge in [0.05, 0.1) is 29.1 Å². The molecule has 0 radical (unpaired) electrons. The van der Waals surface area contributed by atoms with E-state index in [2.05, 4.69) is 10.4 Å². The molecule has 1 amide bonds. The van der Waals surface area contributed by atoms with E-state index in [1.54, 1.807) is 19.9 Å². The summed E-state index contributed by atoms with van der Waals surface area (Å²) in [5.41, 5.74) is 1.39. The summed E-state index contributed by atoms with van der Waals surface area (Å²) in [5.74, 6) is -0.956. The van der Waals surface area contributed by atoms with Gasteiger partial charge in [0, 0.05) is 5.69 Å².